The lowest BCUT2D eigenvalue weighted by Crippen LogP contribution is -2.47. The summed E-state index contributed by atoms with van der Waals surface area (Å²) < 4.78 is 30.4. The Bertz CT molecular complexity index is 1540. The zero-order valence-electron chi connectivity index (χ0n) is 55.2. The molecule has 1 N–H and O–H groups in total. The lowest BCUT2D eigenvalue weighted by Gasteiger charge is -2.30. The average Bonchev–Trinajstić information content (AvgIpc) is 3.44. The number of carbonyl (C=O) groups excluding carboxylic acids is 2. The Morgan fingerprint density at radius 1 is 0.427 bits per heavy atom. The van der Waals surface area contributed by atoms with Gasteiger partial charge in [-0.25, -0.2) is 0 Å². The number of phosphoric acid groups is 1. The molecule has 1 amide bonds. The van der Waals surface area contributed by atoms with Gasteiger partial charge < -0.3 is 28.5 Å². The molecule has 3 atom stereocenters. The second-order valence-electron chi connectivity index (χ2n) is 25.4. The molecule has 10 heteroatoms. The van der Waals surface area contributed by atoms with E-state index in [2.05, 4.69) is 62.5 Å². The van der Waals surface area contributed by atoms with Crippen LogP contribution in [0.1, 0.15) is 348 Å². The van der Waals surface area contributed by atoms with Gasteiger partial charge in [0.2, 0.25) is 5.91 Å². The van der Waals surface area contributed by atoms with Crippen LogP contribution in [0.2, 0.25) is 0 Å². The van der Waals surface area contributed by atoms with E-state index in [9.17, 15) is 19.0 Å². The highest BCUT2D eigenvalue weighted by Gasteiger charge is 2.27. The first-order chi connectivity index (χ1) is 39.9. The third-order valence-corrected chi connectivity index (χ3v) is 17.0. The SMILES string of the molecule is CCCCC/C=C\C/C=C\C/C=C\CCCCCCC(=O)OC(/C=C\CCCCCCCCCCCC)C(COP(=O)([O-])OCC[N+](C)(C)C)NC(=O)CCCCCCCCCCCCCCCCCCCCCCCCCCCCC. The van der Waals surface area contributed by atoms with Crippen molar-refractivity contribution in [2.75, 3.05) is 40.9 Å². The van der Waals surface area contributed by atoms with E-state index < -0.39 is 26.6 Å². The smallest absolute Gasteiger partial charge is 0.306 e. The minimum absolute atomic E-state index is 0.0247. The molecule has 482 valence electrons. The molecule has 0 aromatic heterocycles. The number of esters is 1. The molecule has 0 heterocycles. The van der Waals surface area contributed by atoms with Crippen LogP contribution < -0.4 is 10.2 Å². The van der Waals surface area contributed by atoms with Gasteiger partial charge in [-0.2, -0.15) is 0 Å². The molecular weight excluding hydrogens is 1040 g/mol. The summed E-state index contributed by atoms with van der Waals surface area (Å²) in [5, 5.41) is 3.04. The highest BCUT2D eigenvalue weighted by molar-refractivity contribution is 7.45. The van der Waals surface area contributed by atoms with Crippen molar-refractivity contribution in [2.45, 2.75) is 360 Å². The summed E-state index contributed by atoms with van der Waals surface area (Å²) in [6, 6.07) is -0.896. The summed E-state index contributed by atoms with van der Waals surface area (Å²) in [5.41, 5.74) is 0. The quantitative estimate of drug-likeness (QED) is 0.0212. The second kappa shape index (κ2) is 62.0. The van der Waals surface area contributed by atoms with Crippen LogP contribution in [-0.4, -0.2) is 69.4 Å². The fourth-order valence-corrected chi connectivity index (χ4v) is 11.3. The Morgan fingerprint density at radius 3 is 1.13 bits per heavy atom. The maximum atomic E-state index is 13.6. The Balaban J connectivity index is 5.01. The van der Waals surface area contributed by atoms with Crippen LogP contribution in [0, 0.1) is 0 Å². The number of allylic oxidation sites excluding steroid dienone is 7. The predicted octanol–water partition coefficient (Wildman–Crippen LogP) is 21.8. The number of ether oxygens (including phenoxy) is 1. The van der Waals surface area contributed by atoms with Gasteiger partial charge in [0.25, 0.3) is 7.82 Å². The fourth-order valence-electron chi connectivity index (χ4n) is 10.5. The number of nitrogens with zero attached hydrogens (tertiary/aromatic N) is 1. The summed E-state index contributed by atoms with van der Waals surface area (Å²) in [4.78, 5) is 40.1. The highest BCUT2D eigenvalue weighted by atomic mass is 31.2. The molecule has 0 aliphatic carbocycles. The van der Waals surface area contributed by atoms with Gasteiger partial charge in [-0.05, 0) is 70.3 Å². The Labute approximate surface area is 509 Å². The van der Waals surface area contributed by atoms with Gasteiger partial charge in [-0.15, -0.1) is 0 Å². The van der Waals surface area contributed by atoms with Gasteiger partial charge in [0.05, 0.1) is 33.8 Å². The number of unbranched alkanes of at least 4 members (excludes halogenated alkanes) is 43. The minimum Gasteiger partial charge on any atom is -0.756 e. The van der Waals surface area contributed by atoms with Crippen molar-refractivity contribution in [3.63, 3.8) is 0 Å². The molecule has 0 radical (unpaired) electrons. The lowest BCUT2D eigenvalue weighted by molar-refractivity contribution is -0.870. The maximum Gasteiger partial charge on any atom is 0.306 e. The summed E-state index contributed by atoms with van der Waals surface area (Å²) in [6.45, 7) is 6.85. The first kappa shape index (κ1) is 80.0. The molecule has 0 aromatic carbocycles. The molecule has 0 aromatic rings. The van der Waals surface area contributed by atoms with Gasteiger partial charge in [-0.3, -0.25) is 14.2 Å². The third-order valence-electron chi connectivity index (χ3n) is 16.0. The van der Waals surface area contributed by atoms with Crippen molar-refractivity contribution in [3.8, 4) is 0 Å². The molecule has 0 saturated heterocycles. The number of hydrogen-bond donors (Lipinski definition) is 1. The van der Waals surface area contributed by atoms with E-state index in [-0.39, 0.29) is 24.9 Å². The molecule has 82 heavy (non-hydrogen) atoms. The number of likely N-dealkylation sites (N-methyl/N-ethyl adjacent to an activating group) is 1. The Kier molecular flexibility index (Phi) is 60.5. The number of phosphoric ester groups is 1. The molecule has 0 fully saturated rings. The first-order valence-corrected chi connectivity index (χ1v) is 36.9. The molecule has 0 rings (SSSR count). The molecule has 0 spiro atoms. The van der Waals surface area contributed by atoms with Crippen molar-refractivity contribution in [1.82, 2.24) is 5.32 Å². The molecule has 0 aliphatic rings. The standard InChI is InChI=1S/C72H137N2O7P/c1-7-10-13-16-19-22-25-28-30-32-33-34-35-36-37-38-39-40-41-43-44-46-49-52-55-58-61-64-71(75)73-69(68-80-82(77,78)79-67-66-74(4,5)6)70(63-60-57-54-51-48-27-24-21-18-15-12-9-3)81-72(76)65-62-59-56-53-50-47-45-42-31-29-26-23-20-17-14-11-8-2/h20,23,29,31,45,47,60,63,69-70H,7-19,21-22,24-28,30,32-44,46,48-59,61-62,64-68H2,1-6H3,(H-,73,75,77,78)/b23-20-,31-29-,47-45-,63-60-. The second-order valence-corrected chi connectivity index (χ2v) is 26.8. The summed E-state index contributed by atoms with van der Waals surface area (Å²) >= 11 is 0. The number of quaternary nitrogens is 1. The van der Waals surface area contributed by atoms with Gasteiger partial charge in [0.1, 0.15) is 19.3 Å². The van der Waals surface area contributed by atoms with Crippen molar-refractivity contribution < 1.29 is 37.3 Å². The van der Waals surface area contributed by atoms with Crippen LogP contribution in [0.5, 0.6) is 0 Å². The molecule has 0 aliphatic heterocycles. The molecule has 3 unspecified atom stereocenters. The van der Waals surface area contributed by atoms with Gasteiger partial charge in [0, 0.05) is 12.8 Å². The van der Waals surface area contributed by atoms with Crippen LogP contribution in [0.15, 0.2) is 48.6 Å². The third kappa shape index (κ3) is 62.5. The summed E-state index contributed by atoms with van der Waals surface area (Å²) in [6.07, 6.45) is 78.2. The number of amides is 1. The molecule has 9 nitrogen and oxygen atoms in total. The first-order valence-electron chi connectivity index (χ1n) is 35.4. The van der Waals surface area contributed by atoms with Gasteiger partial charge >= 0.3 is 5.97 Å². The van der Waals surface area contributed by atoms with E-state index in [0.29, 0.717) is 23.9 Å². The average molecular weight is 1170 g/mol. The Hall–Kier alpha value is -2.03. The van der Waals surface area contributed by atoms with Crippen molar-refractivity contribution >= 4 is 19.7 Å². The van der Waals surface area contributed by atoms with Crippen LogP contribution in [-0.2, 0) is 27.9 Å². The monoisotopic (exact) mass is 1170 g/mol. The van der Waals surface area contributed by atoms with Crippen LogP contribution in [0.25, 0.3) is 0 Å². The van der Waals surface area contributed by atoms with Crippen LogP contribution >= 0.6 is 7.82 Å². The zero-order chi connectivity index (χ0) is 60.0. The van der Waals surface area contributed by atoms with Crippen LogP contribution in [0.4, 0.5) is 0 Å². The van der Waals surface area contributed by atoms with Crippen molar-refractivity contribution in [1.29, 1.82) is 0 Å². The zero-order valence-corrected chi connectivity index (χ0v) is 56.1. The fraction of sp³-hybridized carbons (Fsp3) is 0.861. The number of nitrogens with one attached hydrogen (secondary N) is 1. The van der Waals surface area contributed by atoms with E-state index >= 15 is 0 Å². The normalized spacial score (nSPS) is 13.8. The molecule has 0 saturated carbocycles. The number of rotatable bonds is 65. The molecule has 0 bridgehead atoms. The van der Waals surface area contributed by atoms with E-state index in [1.165, 1.54) is 231 Å². The van der Waals surface area contributed by atoms with Gasteiger partial charge in [-0.1, -0.05) is 314 Å². The minimum atomic E-state index is -4.71. The lowest BCUT2D eigenvalue weighted by atomic mass is 10.0. The van der Waals surface area contributed by atoms with E-state index in [0.717, 1.165) is 77.0 Å². The molecular formula is C72H137N2O7P. The van der Waals surface area contributed by atoms with E-state index in [4.69, 9.17) is 13.8 Å². The Morgan fingerprint density at radius 2 is 0.744 bits per heavy atom. The van der Waals surface area contributed by atoms with Crippen LogP contribution in [0.3, 0.4) is 0 Å². The summed E-state index contributed by atoms with van der Waals surface area (Å²) in [5.74, 6) is -0.551. The van der Waals surface area contributed by atoms with Crippen molar-refractivity contribution in [3.05, 3.63) is 48.6 Å². The largest absolute Gasteiger partial charge is 0.756 e. The maximum absolute atomic E-state index is 13.6. The van der Waals surface area contributed by atoms with Crippen molar-refractivity contribution in [2.24, 2.45) is 0 Å². The van der Waals surface area contributed by atoms with Gasteiger partial charge in [0.15, 0.2) is 0 Å². The summed E-state index contributed by atoms with van der Waals surface area (Å²) in [7, 11) is 1.18. The predicted molar refractivity (Wildman–Crippen MR) is 353 cm³/mol. The van der Waals surface area contributed by atoms with E-state index in [1.807, 2.05) is 33.3 Å². The van der Waals surface area contributed by atoms with E-state index in [1.54, 1.807) is 0 Å². The number of carbonyl (C=O) groups is 2. The highest BCUT2D eigenvalue weighted by Crippen LogP contribution is 2.38. The topological polar surface area (TPSA) is 114 Å². The number of hydrogen-bond acceptors (Lipinski definition) is 7.